The van der Waals surface area contributed by atoms with Crippen LogP contribution in [0.15, 0.2) is 42.2 Å². The van der Waals surface area contributed by atoms with Crippen molar-refractivity contribution in [2.75, 3.05) is 7.11 Å². The number of hydrogen-bond acceptors (Lipinski definition) is 5. The molecule has 0 aromatic heterocycles. The van der Waals surface area contributed by atoms with Gasteiger partial charge in [0.2, 0.25) is 5.78 Å². The summed E-state index contributed by atoms with van der Waals surface area (Å²) in [5.74, 6) is 2.04. The largest absolute Gasteiger partial charge is 0.497 e. The molecule has 0 radical (unpaired) electrons. The fourth-order valence-corrected chi connectivity index (χ4v) is 3.82. The molecule has 5 nitrogen and oxygen atoms in total. The van der Waals surface area contributed by atoms with Crippen LogP contribution < -0.4 is 14.2 Å². The summed E-state index contributed by atoms with van der Waals surface area (Å²) in [5, 5.41) is 0. The van der Waals surface area contributed by atoms with Gasteiger partial charge in [-0.1, -0.05) is 26.0 Å². The minimum Gasteiger partial charge on any atom is -0.497 e. The highest BCUT2D eigenvalue weighted by Crippen LogP contribution is 2.48. The highest BCUT2D eigenvalue weighted by atomic mass is 16.5. The number of benzene rings is 2. The number of allylic oxidation sites excluding steroid dienone is 1. The minimum atomic E-state index is -0.239. The van der Waals surface area contributed by atoms with Gasteiger partial charge >= 0.3 is 5.97 Å². The predicted molar refractivity (Wildman–Crippen MR) is 105 cm³/mol. The maximum Gasteiger partial charge on any atom is 0.311 e. The average molecular weight is 378 g/mol. The Kier molecular flexibility index (Phi) is 4.67. The summed E-state index contributed by atoms with van der Waals surface area (Å²) < 4.78 is 16.6. The zero-order valence-electron chi connectivity index (χ0n) is 16.2. The number of rotatable bonds is 4. The van der Waals surface area contributed by atoms with Crippen LogP contribution >= 0.6 is 0 Å². The number of esters is 1. The number of Topliss-reactive ketones (excluding diaryl/α,β-unsaturated/α-hetero) is 1. The first kappa shape index (κ1) is 18.3. The van der Waals surface area contributed by atoms with E-state index in [-0.39, 0.29) is 23.4 Å². The van der Waals surface area contributed by atoms with Gasteiger partial charge in [-0.2, -0.15) is 0 Å². The van der Waals surface area contributed by atoms with E-state index >= 15 is 0 Å². The van der Waals surface area contributed by atoms with Gasteiger partial charge in [-0.05, 0) is 48.2 Å². The predicted octanol–water partition coefficient (Wildman–Crippen LogP) is 4.75. The van der Waals surface area contributed by atoms with E-state index in [0.29, 0.717) is 29.4 Å². The third-order valence-corrected chi connectivity index (χ3v) is 5.05. The summed E-state index contributed by atoms with van der Waals surface area (Å²) in [6.45, 7) is 4.23. The molecule has 0 spiro atoms. The second-order valence-electron chi connectivity index (χ2n) is 7.57. The molecular formula is C23H22O5. The number of ether oxygens (including phenoxy) is 3. The molecule has 4 rings (SSSR count). The molecule has 5 heteroatoms. The van der Waals surface area contributed by atoms with Gasteiger partial charge in [0, 0.05) is 11.5 Å². The van der Waals surface area contributed by atoms with Crippen molar-refractivity contribution in [1.29, 1.82) is 0 Å². The first-order valence-corrected chi connectivity index (χ1v) is 9.42. The zero-order valence-corrected chi connectivity index (χ0v) is 16.2. The second-order valence-corrected chi connectivity index (χ2v) is 7.57. The fraction of sp³-hybridized carbons (Fsp3) is 0.304. The van der Waals surface area contributed by atoms with Crippen LogP contribution in [0.25, 0.3) is 6.08 Å². The van der Waals surface area contributed by atoms with E-state index in [1.807, 2.05) is 24.3 Å². The molecule has 0 N–H and O–H groups in total. The van der Waals surface area contributed by atoms with Gasteiger partial charge in [0.1, 0.15) is 17.2 Å². The van der Waals surface area contributed by atoms with E-state index in [4.69, 9.17) is 14.2 Å². The SMILES string of the molecule is COc1ccc(C=C2Oc3c(ccc4c3C(CC(C)C)CC(=O)O4)C2=O)cc1. The van der Waals surface area contributed by atoms with Gasteiger partial charge in [-0.15, -0.1) is 0 Å². The van der Waals surface area contributed by atoms with E-state index in [1.54, 1.807) is 25.3 Å². The Hall–Kier alpha value is -3.08. The molecule has 2 aliphatic heterocycles. The third-order valence-electron chi connectivity index (χ3n) is 5.05. The van der Waals surface area contributed by atoms with E-state index in [2.05, 4.69) is 13.8 Å². The summed E-state index contributed by atoms with van der Waals surface area (Å²) in [6.07, 6.45) is 2.85. The summed E-state index contributed by atoms with van der Waals surface area (Å²) in [7, 11) is 1.61. The van der Waals surface area contributed by atoms with Crippen molar-refractivity contribution in [3.63, 3.8) is 0 Å². The van der Waals surface area contributed by atoms with Crippen LogP contribution in [0.3, 0.4) is 0 Å². The van der Waals surface area contributed by atoms with E-state index in [1.165, 1.54) is 0 Å². The van der Waals surface area contributed by atoms with Crippen molar-refractivity contribution in [3.05, 3.63) is 58.8 Å². The summed E-state index contributed by atoms with van der Waals surface area (Å²) in [5.41, 5.74) is 2.19. The van der Waals surface area contributed by atoms with Crippen LogP contribution in [0.2, 0.25) is 0 Å². The maximum atomic E-state index is 12.9. The van der Waals surface area contributed by atoms with E-state index in [0.717, 1.165) is 23.3 Å². The molecule has 1 unspecified atom stereocenters. The van der Waals surface area contributed by atoms with Gasteiger partial charge in [0.05, 0.1) is 19.1 Å². The molecule has 2 aromatic rings. The van der Waals surface area contributed by atoms with Crippen molar-refractivity contribution in [3.8, 4) is 17.2 Å². The number of methoxy groups -OCH3 is 1. The van der Waals surface area contributed by atoms with Gasteiger partial charge in [-0.3, -0.25) is 9.59 Å². The number of hydrogen-bond donors (Lipinski definition) is 0. The Labute approximate surface area is 163 Å². The number of ketones is 1. The van der Waals surface area contributed by atoms with Crippen LogP contribution in [-0.4, -0.2) is 18.9 Å². The van der Waals surface area contributed by atoms with Crippen LogP contribution in [0.1, 0.15) is 54.1 Å². The van der Waals surface area contributed by atoms with Crippen molar-refractivity contribution < 1.29 is 23.8 Å². The average Bonchev–Trinajstić information content (AvgIpc) is 2.97. The van der Waals surface area contributed by atoms with Crippen molar-refractivity contribution in [1.82, 2.24) is 0 Å². The minimum absolute atomic E-state index is 0.0145. The lowest BCUT2D eigenvalue weighted by Gasteiger charge is -2.27. The third kappa shape index (κ3) is 3.28. The molecule has 0 saturated heterocycles. The first-order valence-electron chi connectivity index (χ1n) is 9.42. The molecule has 0 fully saturated rings. The van der Waals surface area contributed by atoms with Crippen LogP contribution in [-0.2, 0) is 4.79 Å². The van der Waals surface area contributed by atoms with Crippen LogP contribution in [0.4, 0.5) is 0 Å². The highest BCUT2D eigenvalue weighted by Gasteiger charge is 2.37. The molecule has 0 bridgehead atoms. The molecular weight excluding hydrogens is 356 g/mol. The van der Waals surface area contributed by atoms with Crippen molar-refractivity contribution in [2.45, 2.75) is 32.6 Å². The standard InChI is InChI=1S/C23H22O5/c1-13(2)10-15-12-20(24)27-18-9-8-17-22(25)19(28-23(17)21(15)18)11-14-4-6-16(26-3)7-5-14/h4-9,11,13,15H,10,12H2,1-3H3. The summed E-state index contributed by atoms with van der Waals surface area (Å²) in [6, 6.07) is 10.8. The van der Waals surface area contributed by atoms with E-state index in [9.17, 15) is 9.59 Å². The maximum absolute atomic E-state index is 12.9. The lowest BCUT2D eigenvalue weighted by Crippen LogP contribution is -2.21. The number of fused-ring (bicyclic) bond motifs is 3. The molecule has 2 heterocycles. The van der Waals surface area contributed by atoms with Gasteiger partial charge in [-0.25, -0.2) is 0 Å². The molecule has 28 heavy (non-hydrogen) atoms. The van der Waals surface area contributed by atoms with E-state index < -0.39 is 0 Å². The zero-order chi connectivity index (χ0) is 19.8. The summed E-state index contributed by atoms with van der Waals surface area (Å²) in [4.78, 5) is 24.9. The van der Waals surface area contributed by atoms with Crippen molar-refractivity contribution >= 4 is 17.8 Å². The lowest BCUT2D eigenvalue weighted by molar-refractivity contribution is -0.136. The number of carbonyl (C=O) groups is 2. The Morgan fingerprint density at radius 1 is 1.11 bits per heavy atom. The molecule has 0 saturated carbocycles. The second kappa shape index (κ2) is 7.15. The fourth-order valence-electron chi connectivity index (χ4n) is 3.82. The molecule has 144 valence electrons. The number of carbonyl (C=O) groups excluding carboxylic acids is 2. The highest BCUT2D eigenvalue weighted by molar-refractivity contribution is 6.15. The molecule has 2 aromatic carbocycles. The van der Waals surface area contributed by atoms with Crippen LogP contribution in [0, 0.1) is 5.92 Å². The molecule has 0 amide bonds. The Bertz CT molecular complexity index is 969. The van der Waals surface area contributed by atoms with Gasteiger partial charge in [0.25, 0.3) is 0 Å². The monoisotopic (exact) mass is 378 g/mol. The van der Waals surface area contributed by atoms with Crippen molar-refractivity contribution in [2.24, 2.45) is 5.92 Å². The Balaban J connectivity index is 1.72. The Morgan fingerprint density at radius 2 is 1.86 bits per heavy atom. The lowest BCUT2D eigenvalue weighted by atomic mass is 9.84. The quantitative estimate of drug-likeness (QED) is 0.436. The Morgan fingerprint density at radius 3 is 2.54 bits per heavy atom. The van der Waals surface area contributed by atoms with Crippen LogP contribution in [0.5, 0.6) is 17.2 Å². The first-order chi connectivity index (χ1) is 13.5. The topological polar surface area (TPSA) is 61.8 Å². The summed E-state index contributed by atoms with van der Waals surface area (Å²) >= 11 is 0. The smallest absolute Gasteiger partial charge is 0.311 e. The molecule has 0 aliphatic carbocycles. The molecule has 1 atom stereocenters. The molecule has 2 aliphatic rings. The van der Waals surface area contributed by atoms with Gasteiger partial charge in [0.15, 0.2) is 5.76 Å². The van der Waals surface area contributed by atoms with Gasteiger partial charge < -0.3 is 14.2 Å². The normalized spacial score (nSPS) is 19.3.